The van der Waals surface area contributed by atoms with Crippen molar-refractivity contribution in [2.24, 2.45) is 5.73 Å². The molecule has 21 heavy (non-hydrogen) atoms. The van der Waals surface area contributed by atoms with Gasteiger partial charge in [0, 0.05) is 15.4 Å². The Bertz CT molecular complexity index is 797. The van der Waals surface area contributed by atoms with Crippen molar-refractivity contribution >= 4 is 34.0 Å². The average Bonchev–Trinajstić information content (AvgIpc) is 2.46. The molecular weight excluding hydrogens is 308 g/mol. The van der Waals surface area contributed by atoms with Gasteiger partial charge in [0.15, 0.2) is 0 Å². The van der Waals surface area contributed by atoms with Crippen molar-refractivity contribution in [1.82, 2.24) is 0 Å². The first kappa shape index (κ1) is 14.3. The summed E-state index contributed by atoms with van der Waals surface area (Å²) in [6, 6.07) is 15.2. The number of hydrogen-bond acceptors (Lipinski definition) is 1. The van der Waals surface area contributed by atoms with Gasteiger partial charge >= 0.3 is 0 Å². The van der Waals surface area contributed by atoms with E-state index in [-0.39, 0.29) is 5.82 Å². The summed E-state index contributed by atoms with van der Waals surface area (Å²) in [7, 11) is 0. The van der Waals surface area contributed by atoms with Crippen LogP contribution >= 0.6 is 23.2 Å². The summed E-state index contributed by atoms with van der Waals surface area (Å²) < 4.78 is 13.9. The van der Waals surface area contributed by atoms with Crippen molar-refractivity contribution in [3.05, 3.63) is 81.6 Å². The molecule has 3 aromatic carbocycles. The molecule has 106 valence electrons. The molecule has 0 heterocycles. The molecule has 0 aromatic heterocycles. The van der Waals surface area contributed by atoms with E-state index in [2.05, 4.69) is 0 Å². The number of rotatable bonds is 2. The molecular formula is C17H12Cl2FN. The summed E-state index contributed by atoms with van der Waals surface area (Å²) in [6.07, 6.45) is 0. The third kappa shape index (κ3) is 2.75. The van der Waals surface area contributed by atoms with Crippen LogP contribution in [-0.4, -0.2) is 0 Å². The summed E-state index contributed by atoms with van der Waals surface area (Å²) in [4.78, 5) is 0. The van der Waals surface area contributed by atoms with Gasteiger partial charge in [-0.2, -0.15) is 0 Å². The monoisotopic (exact) mass is 319 g/mol. The Morgan fingerprint density at radius 1 is 0.857 bits per heavy atom. The maximum absolute atomic E-state index is 13.9. The van der Waals surface area contributed by atoms with Crippen LogP contribution in [0.1, 0.15) is 17.2 Å². The van der Waals surface area contributed by atoms with Gasteiger partial charge in [-0.3, -0.25) is 0 Å². The molecule has 3 aromatic rings. The van der Waals surface area contributed by atoms with Gasteiger partial charge in [-0.05, 0) is 40.8 Å². The highest BCUT2D eigenvalue weighted by atomic mass is 35.5. The van der Waals surface area contributed by atoms with E-state index < -0.39 is 6.04 Å². The first-order chi connectivity index (χ1) is 10.1. The quantitative estimate of drug-likeness (QED) is 0.678. The van der Waals surface area contributed by atoms with Crippen molar-refractivity contribution in [3.8, 4) is 0 Å². The molecule has 0 saturated heterocycles. The predicted molar refractivity (Wildman–Crippen MR) is 86.4 cm³/mol. The molecule has 0 radical (unpaired) electrons. The Balaban J connectivity index is 2.18. The molecule has 0 aliphatic rings. The zero-order valence-corrected chi connectivity index (χ0v) is 12.5. The third-order valence-corrected chi connectivity index (χ3v) is 3.92. The van der Waals surface area contributed by atoms with Crippen LogP contribution < -0.4 is 5.73 Å². The minimum atomic E-state index is -0.424. The summed E-state index contributed by atoms with van der Waals surface area (Å²) in [6.45, 7) is 0. The lowest BCUT2D eigenvalue weighted by Gasteiger charge is -2.16. The molecule has 3 rings (SSSR count). The van der Waals surface area contributed by atoms with Crippen LogP contribution in [-0.2, 0) is 0 Å². The Labute approximate surface area is 132 Å². The molecule has 0 saturated carbocycles. The molecule has 4 heteroatoms. The maximum atomic E-state index is 13.9. The summed E-state index contributed by atoms with van der Waals surface area (Å²) in [5.41, 5.74) is 7.96. The molecule has 0 fully saturated rings. The van der Waals surface area contributed by atoms with Crippen molar-refractivity contribution in [2.45, 2.75) is 6.04 Å². The maximum Gasteiger partial charge on any atom is 0.131 e. The van der Waals surface area contributed by atoms with Crippen molar-refractivity contribution < 1.29 is 4.39 Å². The van der Waals surface area contributed by atoms with Crippen LogP contribution in [0.4, 0.5) is 4.39 Å². The number of hydrogen-bond donors (Lipinski definition) is 1. The first-order valence-corrected chi connectivity index (χ1v) is 7.20. The highest BCUT2D eigenvalue weighted by Crippen LogP contribution is 2.31. The largest absolute Gasteiger partial charge is 0.320 e. The second-order valence-corrected chi connectivity index (χ2v) is 5.74. The number of halogens is 3. The Kier molecular flexibility index (Phi) is 3.85. The summed E-state index contributed by atoms with van der Waals surface area (Å²) in [5.74, 6) is -0.259. The highest BCUT2D eigenvalue weighted by molar-refractivity contribution is 6.34. The van der Waals surface area contributed by atoms with Gasteiger partial charge in [0.2, 0.25) is 0 Å². The molecule has 2 N–H and O–H groups in total. The minimum absolute atomic E-state index is 0.259. The van der Waals surface area contributed by atoms with Gasteiger partial charge < -0.3 is 5.73 Å². The van der Waals surface area contributed by atoms with Gasteiger partial charge in [-0.1, -0.05) is 53.5 Å². The van der Waals surface area contributed by atoms with Gasteiger partial charge in [0.05, 0.1) is 6.04 Å². The topological polar surface area (TPSA) is 26.0 Å². The summed E-state index contributed by atoms with van der Waals surface area (Å²) >= 11 is 12.1. The van der Waals surface area contributed by atoms with E-state index >= 15 is 0 Å². The van der Waals surface area contributed by atoms with E-state index in [4.69, 9.17) is 28.9 Å². The van der Waals surface area contributed by atoms with Gasteiger partial charge in [-0.25, -0.2) is 4.39 Å². The molecule has 1 nitrogen and oxygen atoms in total. The molecule has 0 aliphatic carbocycles. The minimum Gasteiger partial charge on any atom is -0.320 e. The van der Waals surface area contributed by atoms with Crippen LogP contribution in [0, 0.1) is 5.82 Å². The normalized spacial score (nSPS) is 12.6. The molecule has 0 aliphatic heterocycles. The number of nitrogens with two attached hydrogens (primary N) is 1. The second kappa shape index (κ2) is 5.64. The SMILES string of the molecule is NC(c1cc(Cl)cc(Cl)c1)c1ccc(F)c2ccccc12. The predicted octanol–water partition coefficient (Wildman–Crippen LogP) is 5.33. The van der Waals surface area contributed by atoms with Gasteiger partial charge in [0.1, 0.15) is 5.82 Å². The average molecular weight is 320 g/mol. The van der Waals surface area contributed by atoms with Crippen LogP contribution in [0.3, 0.4) is 0 Å². The van der Waals surface area contributed by atoms with E-state index in [9.17, 15) is 4.39 Å². The van der Waals surface area contributed by atoms with Crippen LogP contribution in [0.5, 0.6) is 0 Å². The number of benzene rings is 3. The molecule has 0 bridgehead atoms. The molecule has 1 atom stereocenters. The number of fused-ring (bicyclic) bond motifs is 1. The van der Waals surface area contributed by atoms with E-state index in [1.807, 2.05) is 12.1 Å². The fourth-order valence-electron chi connectivity index (χ4n) is 2.49. The zero-order valence-electron chi connectivity index (χ0n) is 11.0. The third-order valence-electron chi connectivity index (χ3n) is 3.48. The Morgan fingerprint density at radius 2 is 1.48 bits per heavy atom. The van der Waals surface area contributed by atoms with Crippen LogP contribution in [0.2, 0.25) is 10.0 Å². The van der Waals surface area contributed by atoms with Gasteiger partial charge in [0.25, 0.3) is 0 Å². The first-order valence-electron chi connectivity index (χ1n) is 6.45. The lowest BCUT2D eigenvalue weighted by molar-refractivity contribution is 0.639. The van der Waals surface area contributed by atoms with Crippen LogP contribution in [0.15, 0.2) is 54.6 Å². The Morgan fingerprint density at radius 3 is 2.14 bits per heavy atom. The van der Waals surface area contributed by atoms with Crippen molar-refractivity contribution in [2.75, 3.05) is 0 Å². The second-order valence-electron chi connectivity index (χ2n) is 4.86. The molecule has 0 amide bonds. The molecule has 1 unspecified atom stereocenters. The van der Waals surface area contributed by atoms with Gasteiger partial charge in [-0.15, -0.1) is 0 Å². The van der Waals surface area contributed by atoms with Crippen molar-refractivity contribution in [1.29, 1.82) is 0 Å². The fraction of sp³-hybridized carbons (Fsp3) is 0.0588. The van der Waals surface area contributed by atoms with E-state index in [0.29, 0.717) is 15.4 Å². The Hall–Kier alpha value is -1.61. The lowest BCUT2D eigenvalue weighted by Crippen LogP contribution is -2.12. The highest BCUT2D eigenvalue weighted by Gasteiger charge is 2.15. The van der Waals surface area contributed by atoms with Crippen molar-refractivity contribution in [3.63, 3.8) is 0 Å². The van der Waals surface area contributed by atoms with E-state index in [1.54, 1.807) is 36.4 Å². The molecule has 0 spiro atoms. The lowest BCUT2D eigenvalue weighted by atomic mass is 9.94. The summed E-state index contributed by atoms with van der Waals surface area (Å²) in [5, 5.41) is 2.40. The fourth-order valence-corrected chi connectivity index (χ4v) is 3.03. The smallest absolute Gasteiger partial charge is 0.131 e. The standard InChI is InChI=1S/C17H12Cl2FN/c18-11-7-10(8-12(19)9-11)17(21)15-5-6-16(20)14-4-2-1-3-13(14)15/h1-9,17H,21H2. The van der Waals surface area contributed by atoms with E-state index in [1.165, 1.54) is 6.07 Å². The van der Waals surface area contributed by atoms with E-state index in [0.717, 1.165) is 16.5 Å². The zero-order chi connectivity index (χ0) is 15.0. The van der Waals surface area contributed by atoms with Crippen LogP contribution in [0.25, 0.3) is 10.8 Å².